The average Bonchev–Trinajstić information content (AvgIpc) is 2.81. The van der Waals surface area contributed by atoms with Gasteiger partial charge in [-0.05, 0) is 37.3 Å². The van der Waals surface area contributed by atoms with Gasteiger partial charge in [0.1, 0.15) is 4.90 Å². The highest BCUT2D eigenvalue weighted by Gasteiger charge is 2.36. The maximum atomic E-state index is 11.6. The minimum Gasteiger partial charge on any atom is -0.396 e. The van der Waals surface area contributed by atoms with Crippen LogP contribution in [0, 0.1) is 5.92 Å². The summed E-state index contributed by atoms with van der Waals surface area (Å²) < 4.78 is 23.2. The lowest BCUT2D eigenvalue weighted by Crippen LogP contribution is -2.35. The van der Waals surface area contributed by atoms with Gasteiger partial charge < -0.3 is 10.6 Å². The van der Waals surface area contributed by atoms with Crippen LogP contribution in [0.4, 0.5) is 11.4 Å². The molecule has 1 aliphatic carbocycles. The first-order valence-electron chi connectivity index (χ1n) is 7.16. The zero-order valence-electron chi connectivity index (χ0n) is 11.5. The summed E-state index contributed by atoms with van der Waals surface area (Å²) in [5, 5.41) is 5.23. The van der Waals surface area contributed by atoms with Gasteiger partial charge in [-0.1, -0.05) is 18.9 Å². The molecule has 110 valence electrons. The Bertz CT molecular complexity index is 615. The van der Waals surface area contributed by atoms with E-state index in [1.165, 1.54) is 38.2 Å². The van der Waals surface area contributed by atoms with Crippen LogP contribution >= 0.6 is 0 Å². The number of hydrogen-bond acceptors (Lipinski definition) is 4. The van der Waals surface area contributed by atoms with Crippen LogP contribution in [0.1, 0.15) is 32.1 Å². The van der Waals surface area contributed by atoms with Crippen molar-refractivity contribution in [1.82, 2.24) is 0 Å². The van der Waals surface area contributed by atoms with Gasteiger partial charge in [-0.25, -0.2) is 13.6 Å². The second-order valence-corrected chi connectivity index (χ2v) is 7.36. The third-order valence-electron chi connectivity index (χ3n) is 4.67. The van der Waals surface area contributed by atoms with Gasteiger partial charge in [0, 0.05) is 12.6 Å². The number of hydrogen-bond donors (Lipinski definition) is 2. The number of benzene rings is 1. The Labute approximate surface area is 120 Å². The van der Waals surface area contributed by atoms with Gasteiger partial charge in [0.2, 0.25) is 10.0 Å². The normalized spacial score (nSPS) is 26.6. The Morgan fingerprint density at radius 3 is 2.65 bits per heavy atom. The number of para-hydroxylation sites is 1. The van der Waals surface area contributed by atoms with Crippen LogP contribution in [0.2, 0.25) is 0 Å². The molecule has 1 saturated heterocycles. The molecule has 5 nitrogen and oxygen atoms in total. The quantitative estimate of drug-likeness (QED) is 0.812. The van der Waals surface area contributed by atoms with Crippen molar-refractivity contribution in [3.05, 3.63) is 18.2 Å². The summed E-state index contributed by atoms with van der Waals surface area (Å²) in [5.41, 5.74) is 7.19. The zero-order valence-corrected chi connectivity index (χ0v) is 12.3. The third kappa shape index (κ3) is 2.27. The molecule has 2 atom stereocenters. The van der Waals surface area contributed by atoms with Crippen LogP contribution < -0.4 is 15.8 Å². The highest BCUT2D eigenvalue weighted by Crippen LogP contribution is 2.41. The molecule has 6 heteroatoms. The van der Waals surface area contributed by atoms with Gasteiger partial charge in [0.05, 0.1) is 11.4 Å². The lowest BCUT2D eigenvalue weighted by atomic mass is 9.85. The average molecular weight is 295 g/mol. The van der Waals surface area contributed by atoms with E-state index in [0.717, 1.165) is 18.2 Å². The predicted molar refractivity (Wildman–Crippen MR) is 79.9 cm³/mol. The van der Waals surface area contributed by atoms with Crippen molar-refractivity contribution in [2.45, 2.75) is 43.0 Å². The van der Waals surface area contributed by atoms with Gasteiger partial charge in [0.25, 0.3) is 0 Å². The molecule has 4 N–H and O–H groups in total. The number of fused-ring (bicyclic) bond motifs is 1. The fourth-order valence-corrected chi connectivity index (χ4v) is 4.42. The van der Waals surface area contributed by atoms with E-state index in [0.29, 0.717) is 11.7 Å². The molecule has 1 aromatic rings. The molecular formula is C14H21N3O2S. The van der Waals surface area contributed by atoms with Gasteiger partial charge in [-0.2, -0.15) is 0 Å². The van der Waals surface area contributed by atoms with E-state index < -0.39 is 10.0 Å². The molecule has 0 aromatic heterocycles. The summed E-state index contributed by atoms with van der Waals surface area (Å²) >= 11 is 0. The summed E-state index contributed by atoms with van der Waals surface area (Å²) in [6.07, 6.45) is 6.16. The third-order valence-corrected chi connectivity index (χ3v) is 5.64. The molecular weight excluding hydrogens is 274 g/mol. The Kier molecular flexibility index (Phi) is 3.38. The molecule has 0 radical (unpaired) electrons. The van der Waals surface area contributed by atoms with Crippen LogP contribution in [-0.2, 0) is 10.0 Å². The number of nitrogens with two attached hydrogens (primary N) is 2. The molecule has 0 amide bonds. The number of primary sulfonamides is 1. The van der Waals surface area contributed by atoms with Gasteiger partial charge in [-0.3, -0.25) is 0 Å². The van der Waals surface area contributed by atoms with Crippen LogP contribution in [0.15, 0.2) is 23.1 Å². The molecule has 0 bridgehead atoms. The minimum absolute atomic E-state index is 0.0364. The molecule has 2 fully saturated rings. The van der Waals surface area contributed by atoms with Crippen molar-refractivity contribution in [2.24, 2.45) is 11.1 Å². The van der Waals surface area contributed by atoms with Crippen LogP contribution in [0.5, 0.6) is 0 Å². The monoisotopic (exact) mass is 295 g/mol. The number of sulfonamides is 1. The molecule has 1 saturated carbocycles. The molecule has 20 heavy (non-hydrogen) atoms. The van der Waals surface area contributed by atoms with Crippen LogP contribution in [0.25, 0.3) is 0 Å². The Morgan fingerprint density at radius 1 is 1.15 bits per heavy atom. The van der Waals surface area contributed by atoms with Crippen molar-refractivity contribution in [2.75, 3.05) is 17.2 Å². The van der Waals surface area contributed by atoms with Gasteiger partial charge >= 0.3 is 0 Å². The highest BCUT2D eigenvalue weighted by atomic mass is 32.2. The van der Waals surface area contributed by atoms with E-state index in [9.17, 15) is 8.42 Å². The number of nitrogens with zero attached hydrogens (tertiary/aromatic N) is 1. The first kappa shape index (κ1) is 13.7. The maximum absolute atomic E-state index is 11.6. The summed E-state index contributed by atoms with van der Waals surface area (Å²) in [5.74, 6) is 0.723. The molecule has 1 aliphatic heterocycles. The van der Waals surface area contributed by atoms with Crippen LogP contribution in [-0.4, -0.2) is 21.0 Å². The van der Waals surface area contributed by atoms with Crippen molar-refractivity contribution < 1.29 is 8.42 Å². The van der Waals surface area contributed by atoms with Crippen molar-refractivity contribution in [1.29, 1.82) is 0 Å². The van der Waals surface area contributed by atoms with Gasteiger partial charge in [0.15, 0.2) is 0 Å². The fraction of sp³-hybridized carbons (Fsp3) is 0.571. The smallest absolute Gasteiger partial charge is 0.240 e. The molecule has 2 unspecified atom stereocenters. The van der Waals surface area contributed by atoms with E-state index in [2.05, 4.69) is 4.90 Å². The highest BCUT2D eigenvalue weighted by molar-refractivity contribution is 7.89. The van der Waals surface area contributed by atoms with E-state index in [1.807, 2.05) is 6.07 Å². The topological polar surface area (TPSA) is 89.4 Å². The van der Waals surface area contributed by atoms with E-state index in [4.69, 9.17) is 10.9 Å². The zero-order chi connectivity index (χ0) is 14.3. The van der Waals surface area contributed by atoms with E-state index in [-0.39, 0.29) is 4.90 Å². The predicted octanol–water partition coefficient (Wildman–Crippen LogP) is 1.69. The molecule has 0 spiro atoms. The minimum atomic E-state index is -3.77. The molecule has 3 rings (SSSR count). The molecule has 1 heterocycles. The van der Waals surface area contributed by atoms with Crippen molar-refractivity contribution >= 4 is 21.4 Å². The first-order valence-corrected chi connectivity index (χ1v) is 8.71. The standard InChI is InChI=1S/C14H21N3O2S/c15-14-12(6-3-7-13(14)20(16,18)19)17-9-8-10-4-1-2-5-11(10)17/h3,6-7,10-11H,1-2,4-5,8-9,15H2,(H2,16,18,19). The molecule has 2 aliphatic rings. The van der Waals surface area contributed by atoms with E-state index >= 15 is 0 Å². The Hall–Kier alpha value is -1.27. The number of nitrogen functional groups attached to an aromatic ring is 1. The number of anilines is 2. The lowest BCUT2D eigenvalue weighted by Gasteiger charge is -2.34. The van der Waals surface area contributed by atoms with Crippen molar-refractivity contribution in [3.8, 4) is 0 Å². The Morgan fingerprint density at radius 2 is 1.90 bits per heavy atom. The SMILES string of the molecule is Nc1c(N2CCC3CCCCC32)cccc1S(N)(=O)=O. The van der Waals surface area contributed by atoms with Crippen molar-refractivity contribution in [3.63, 3.8) is 0 Å². The maximum Gasteiger partial charge on any atom is 0.240 e. The van der Waals surface area contributed by atoms with E-state index in [1.54, 1.807) is 6.07 Å². The fourth-order valence-electron chi connectivity index (χ4n) is 3.74. The first-order chi connectivity index (χ1) is 9.48. The summed E-state index contributed by atoms with van der Waals surface area (Å²) in [4.78, 5) is 2.32. The summed E-state index contributed by atoms with van der Waals surface area (Å²) in [6.45, 7) is 0.952. The van der Waals surface area contributed by atoms with Crippen LogP contribution in [0.3, 0.4) is 0 Å². The Balaban J connectivity index is 1.99. The summed E-state index contributed by atoms with van der Waals surface area (Å²) in [7, 11) is -3.77. The second-order valence-electron chi connectivity index (χ2n) is 5.83. The summed E-state index contributed by atoms with van der Waals surface area (Å²) in [6, 6.07) is 5.60. The number of rotatable bonds is 2. The lowest BCUT2D eigenvalue weighted by molar-refractivity contribution is 0.342. The molecule has 1 aromatic carbocycles. The second kappa shape index (κ2) is 4.93. The van der Waals surface area contributed by atoms with Gasteiger partial charge in [-0.15, -0.1) is 0 Å². The largest absolute Gasteiger partial charge is 0.396 e.